The van der Waals surface area contributed by atoms with Crippen LogP contribution in [0.15, 0.2) is 57.5 Å². The number of benzene rings is 2. The Morgan fingerprint density at radius 3 is 2.38 bits per heavy atom. The van der Waals surface area contributed by atoms with E-state index in [0.29, 0.717) is 22.3 Å². The predicted octanol–water partition coefficient (Wildman–Crippen LogP) is 3.11. The maximum absolute atomic E-state index is 12.4. The largest absolute Gasteiger partial charge is 0.480 e. The Labute approximate surface area is 194 Å². The molecule has 3 rings (SSSR count). The number of carboxylic acid groups (broad SMARTS) is 1. The Morgan fingerprint density at radius 2 is 1.74 bits per heavy atom. The first-order chi connectivity index (χ1) is 16.1. The number of H-pyrrole nitrogens is 1. The van der Waals surface area contributed by atoms with Gasteiger partial charge in [0.05, 0.1) is 22.3 Å². The molecule has 0 spiro atoms. The number of amides is 1. The van der Waals surface area contributed by atoms with Gasteiger partial charge >= 0.3 is 5.97 Å². The molecular weight excluding hydrogens is 440 g/mol. The van der Waals surface area contributed by atoms with Gasteiger partial charge in [0, 0.05) is 17.9 Å². The Morgan fingerprint density at radius 1 is 1.09 bits per heavy atom. The molecule has 34 heavy (non-hydrogen) atoms. The summed E-state index contributed by atoms with van der Waals surface area (Å²) in [6.45, 7) is 3.48. The maximum Gasteiger partial charge on any atom is 0.326 e. The summed E-state index contributed by atoms with van der Waals surface area (Å²) in [5.41, 5.74) is 6.68. The standard InChI is InChI=1S/C23H24N6O5/c1-12(2)19(30)10-9-18(22(33)34)25-20(31)13-3-5-14(6-4-13)28-29-15-7-8-17-16(11-15)21(32)27-23(24)26-17/h3-8,11-12,18H,9-10H2,1-2H3,(H,25,31)(H,33,34)(H3,24,26,27,32). The van der Waals surface area contributed by atoms with Crippen LogP contribution in [0.1, 0.15) is 37.0 Å². The van der Waals surface area contributed by atoms with Crippen LogP contribution in [0.4, 0.5) is 17.3 Å². The van der Waals surface area contributed by atoms with E-state index in [1.54, 1.807) is 38.1 Å². The minimum absolute atomic E-state index is 0.0150. The van der Waals surface area contributed by atoms with Crippen LogP contribution in [0.2, 0.25) is 0 Å². The van der Waals surface area contributed by atoms with Crippen molar-refractivity contribution < 1.29 is 19.5 Å². The molecule has 0 radical (unpaired) electrons. The number of hydrogen-bond donors (Lipinski definition) is 4. The third-order valence-electron chi connectivity index (χ3n) is 5.04. The molecule has 1 atom stereocenters. The predicted molar refractivity (Wildman–Crippen MR) is 125 cm³/mol. The number of hydrogen-bond acceptors (Lipinski definition) is 8. The van der Waals surface area contributed by atoms with Gasteiger partial charge in [0.15, 0.2) is 0 Å². The number of carboxylic acids is 1. The van der Waals surface area contributed by atoms with Gasteiger partial charge < -0.3 is 16.2 Å². The molecule has 0 aliphatic carbocycles. The number of aliphatic carboxylic acids is 1. The van der Waals surface area contributed by atoms with E-state index in [1.165, 1.54) is 18.2 Å². The number of Topliss-reactive ketones (excluding diaryl/α,β-unsaturated/α-hetero) is 1. The van der Waals surface area contributed by atoms with Crippen molar-refractivity contribution in [2.75, 3.05) is 5.73 Å². The monoisotopic (exact) mass is 464 g/mol. The lowest BCUT2D eigenvalue weighted by molar-refractivity contribution is -0.139. The van der Waals surface area contributed by atoms with Crippen LogP contribution in [0.3, 0.4) is 0 Å². The lowest BCUT2D eigenvalue weighted by atomic mass is 10.0. The van der Waals surface area contributed by atoms with E-state index in [0.717, 1.165) is 0 Å². The van der Waals surface area contributed by atoms with E-state index < -0.39 is 17.9 Å². The molecule has 0 aliphatic rings. The Kier molecular flexibility index (Phi) is 7.46. The Bertz CT molecular complexity index is 1310. The van der Waals surface area contributed by atoms with E-state index >= 15 is 0 Å². The highest BCUT2D eigenvalue weighted by Crippen LogP contribution is 2.21. The summed E-state index contributed by atoms with van der Waals surface area (Å²) >= 11 is 0. The van der Waals surface area contributed by atoms with Gasteiger partial charge in [0.2, 0.25) is 5.95 Å². The fourth-order valence-corrected chi connectivity index (χ4v) is 3.08. The average Bonchev–Trinajstić information content (AvgIpc) is 2.80. The summed E-state index contributed by atoms with van der Waals surface area (Å²) in [5.74, 6) is -2.02. The molecule has 1 aromatic heterocycles. The zero-order chi connectivity index (χ0) is 24.8. The molecule has 11 heteroatoms. The summed E-state index contributed by atoms with van der Waals surface area (Å²) in [5, 5.41) is 20.3. The summed E-state index contributed by atoms with van der Waals surface area (Å²) in [6.07, 6.45) is 0.0827. The second-order valence-electron chi connectivity index (χ2n) is 7.92. The second kappa shape index (κ2) is 10.5. The number of rotatable bonds is 9. The minimum atomic E-state index is -1.21. The molecule has 1 amide bonds. The third-order valence-corrected chi connectivity index (χ3v) is 5.04. The zero-order valence-electron chi connectivity index (χ0n) is 18.6. The van der Waals surface area contributed by atoms with Crippen LogP contribution in [0.5, 0.6) is 0 Å². The third kappa shape index (κ3) is 6.09. The van der Waals surface area contributed by atoms with Crippen molar-refractivity contribution in [3.8, 4) is 0 Å². The molecular formula is C23H24N6O5. The Balaban J connectivity index is 1.67. The number of nitrogens with two attached hydrogens (primary N) is 1. The molecule has 0 aliphatic heterocycles. The van der Waals surface area contributed by atoms with Crippen LogP contribution in [-0.2, 0) is 9.59 Å². The smallest absolute Gasteiger partial charge is 0.326 e. The van der Waals surface area contributed by atoms with Gasteiger partial charge in [0.1, 0.15) is 11.8 Å². The van der Waals surface area contributed by atoms with Gasteiger partial charge in [-0.1, -0.05) is 13.8 Å². The molecule has 5 N–H and O–H groups in total. The van der Waals surface area contributed by atoms with Crippen LogP contribution >= 0.6 is 0 Å². The van der Waals surface area contributed by atoms with Crippen LogP contribution in [0.25, 0.3) is 10.9 Å². The number of fused-ring (bicyclic) bond motifs is 1. The second-order valence-corrected chi connectivity index (χ2v) is 7.92. The number of carbonyl (C=O) groups excluding carboxylic acids is 2. The number of nitrogens with zero attached hydrogens (tertiary/aromatic N) is 3. The van der Waals surface area contributed by atoms with E-state index in [9.17, 15) is 24.3 Å². The summed E-state index contributed by atoms with van der Waals surface area (Å²) < 4.78 is 0. The highest BCUT2D eigenvalue weighted by atomic mass is 16.4. The first-order valence-corrected chi connectivity index (χ1v) is 10.5. The number of azo groups is 1. The average molecular weight is 464 g/mol. The number of aromatic amines is 1. The number of ketones is 1. The van der Waals surface area contributed by atoms with Crippen LogP contribution in [-0.4, -0.2) is 38.8 Å². The van der Waals surface area contributed by atoms with Gasteiger partial charge in [-0.3, -0.25) is 19.4 Å². The van der Waals surface area contributed by atoms with Gasteiger partial charge in [-0.2, -0.15) is 10.2 Å². The van der Waals surface area contributed by atoms with Crippen molar-refractivity contribution >= 4 is 45.9 Å². The molecule has 2 aromatic carbocycles. The Hall–Kier alpha value is -4.41. The number of anilines is 1. The van der Waals surface area contributed by atoms with Gasteiger partial charge in [-0.05, 0) is 48.9 Å². The molecule has 1 heterocycles. The van der Waals surface area contributed by atoms with E-state index in [2.05, 4.69) is 25.5 Å². The van der Waals surface area contributed by atoms with Crippen molar-refractivity contribution in [2.24, 2.45) is 16.1 Å². The number of nitrogens with one attached hydrogen (secondary N) is 2. The maximum atomic E-state index is 12.4. The van der Waals surface area contributed by atoms with Crippen molar-refractivity contribution in [3.05, 3.63) is 58.4 Å². The molecule has 0 saturated heterocycles. The number of carbonyl (C=O) groups is 3. The van der Waals surface area contributed by atoms with Crippen molar-refractivity contribution in [3.63, 3.8) is 0 Å². The number of aromatic nitrogens is 2. The molecule has 0 saturated carbocycles. The van der Waals surface area contributed by atoms with Crippen LogP contribution < -0.4 is 16.6 Å². The van der Waals surface area contributed by atoms with Gasteiger partial charge in [-0.25, -0.2) is 9.78 Å². The highest BCUT2D eigenvalue weighted by molar-refractivity contribution is 5.97. The van der Waals surface area contributed by atoms with Gasteiger partial charge in [-0.15, -0.1) is 0 Å². The summed E-state index contributed by atoms with van der Waals surface area (Å²) in [7, 11) is 0. The molecule has 11 nitrogen and oxygen atoms in total. The summed E-state index contributed by atoms with van der Waals surface area (Å²) in [4.78, 5) is 54.1. The summed E-state index contributed by atoms with van der Waals surface area (Å²) in [6, 6.07) is 9.67. The molecule has 3 aromatic rings. The molecule has 0 bridgehead atoms. The normalized spacial score (nSPS) is 12.2. The van der Waals surface area contributed by atoms with Crippen molar-refractivity contribution in [1.82, 2.24) is 15.3 Å². The van der Waals surface area contributed by atoms with Crippen molar-refractivity contribution in [2.45, 2.75) is 32.7 Å². The van der Waals surface area contributed by atoms with Crippen LogP contribution in [0, 0.1) is 5.92 Å². The molecule has 1 unspecified atom stereocenters. The fourth-order valence-electron chi connectivity index (χ4n) is 3.08. The van der Waals surface area contributed by atoms with E-state index in [4.69, 9.17) is 5.73 Å². The first kappa shape index (κ1) is 24.2. The van der Waals surface area contributed by atoms with E-state index in [1.807, 2.05) is 0 Å². The minimum Gasteiger partial charge on any atom is -0.480 e. The number of nitrogen functional groups attached to an aromatic ring is 1. The zero-order valence-corrected chi connectivity index (χ0v) is 18.6. The van der Waals surface area contributed by atoms with E-state index in [-0.39, 0.29) is 41.6 Å². The molecule has 176 valence electrons. The first-order valence-electron chi connectivity index (χ1n) is 10.5. The molecule has 0 fully saturated rings. The highest BCUT2D eigenvalue weighted by Gasteiger charge is 2.22. The van der Waals surface area contributed by atoms with Crippen molar-refractivity contribution in [1.29, 1.82) is 0 Å². The van der Waals surface area contributed by atoms with Gasteiger partial charge in [0.25, 0.3) is 11.5 Å². The SMILES string of the molecule is CC(C)C(=O)CCC(NC(=O)c1ccc(N=Nc2ccc3nc(N)[nH]c(=O)c3c2)cc1)C(=O)O. The lowest BCUT2D eigenvalue weighted by Crippen LogP contribution is -2.41. The topological polar surface area (TPSA) is 180 Å². The quantitative estimate of drug-likeness (QED) is 0.351. The fraction of sp³-hybridized carbons (Fsp3) is 0.261. The lowest BCUT2D eigenvalue weighted by Gasteiger charge is -2.15.